The molecule has 0 aliphatic heterocycles. The van der Waals surface area contributed by atoms with Crippen LogP contribution >= 0.6 is 7.82 Å². The summed E-state index contributed by atoms with van der Waals surface area (Å²) in [7, 11) is -4.44. The molecule has 308 valence electrons. The third kappa shape index (κ3) is 37.4. The van der Waals surface area contributed by atoms with Crippen molar-refractivity contribution >= 4 is 25.5 Å². The second kappa shape index (κ2) is 38.4. The predicted octanol–water partition coefficient (Wildman–Crippen LogP) is 10.7. The fraction of sp³-hybridized carbons (Fsp3) is 0.651. The second-order valence-electron chi connectivity index (χ2n) is 13.2. The molecule has 11 heteroatoms. The molecule has 10 nitrogen and oxygen atoms in total. The van der Waals surface area contributed by atoms with Gasteiger partial charge in [0.15, 0.2) is 11.9 Å². The smallest absolute Gasteiger partial charge is 0.462 e. The van der Waals surface area contributed by atoms with Gasteiger partial charge in [-0.3, -0.25) is 23.4 Å². The Hall–Kier alpha value is -2.88. The highest BCUT2D eigenvalue weighted by molar-refractivity contribution is 7.47. The summed E-state index contributed by atoms with van der Waals surface area (Å²) in [5, 5.41) is 0. The third-order valence-electron chi connectivity index (χ3n) is 8.04. The lowest BCUT2D eigenvalue weighted by Crippen LogP contribution is -2.29. The van der Waals surface area contributed by atoms with Crippen LogP contribution < -0.4 is 5.73 Å². The van der Waals surface area contributed by atoms with Crippen LogP contribution in [0.4, 0.5) is 0 Å². The number of nitrogens with two attached hydrogens (primary N) is 1. The van der Waals surface area contributed by atoms with Crippen LogP contribution in [0.5, 0.6) is 0 Å². The van der Waals surface area contributed by atoms with Crippen molar-refractivity contribution in [2.45, 2.75) is 155 Å². The fourth-order valence-electron chi connectivity index (χ4n) is 4.97. The van der Waals surface area contributed by atoms with Crippen LogP contribution in [-0.2, 0) is 37.5 Å². The number of carbonyl (C=O) groups excluding carboxylic acids is 3. The minimum Gasteiger partial charge on any atom is -0.462 e. The summed E-state index contributed by atoms with van der Waals surface area (Å²) in [6.45, 7) is 3.35. The van der Waals surface area contributed by atoms with E-state index in [0.717, 1.165) is 64.2 Å². The Bertz CT molecular complexity index is 1180. The topological polar surface area (TPSA) is 151 Å². The lowest BCUT2D eigenvalue weighted by Gasteiger charge is -2.19. The molecule has 0 aromatic rings. The van der Waals surface area contributed by atoms with Crippen molar-refractivity contribution in [2.24, 2.45) is 5.73 Å². The van der Waals surface area contributed by atoms with Crippen molar-refractivity contribution in [3.8, 4) is 0 Å². The average molecular weight is 778 g/mol. The molecule has 0 aliphatic rings. The van der Waals surface area contributed by atoms with Crippen molar-refractivity contribution in [3.05, 3.63) is 72.9 Å². The Labute approximate surface area is 327 Å². The Morgan fingerprint density at radius 3 is 1.76 bits per heavy atom. The van der Waals surface area contributed by atoms with Gasteiger partial charge in [-0.1, -0.05) is 126 Å². The molecule has 0 amide bonds. The van der Waals surface area contributed by atoms with E-state index in [-0.39, 0.29) is 51.2 Å². The van der Waals surface area contributed by atoms with Crippen LogP contribution in [0.1, 0.15) is 149 Å². The van der Waals surface area contributed by atoms with Crippen molar-refractivity contribution < 1.29 is 42.4 Å². The summed E-state index contributed by atoms with van der Waals surface area (Å²) in [6.07, 6.45) is 42.2. The average Bonchev–Trinajstić information content (AvgIpc) is 3.15. The van der Waals surface area contributed by atoms with Crippen LogP contribution in [-0.4, -0.2) is 55.1 Å². The first kappa shape index (κ1) is 51.1. The normalized spacial score (nSPS) is 14.0. The van der Waals surface area contributed by atoms with Crippen LogP contribution in [0.2, 0.25) is 0 Å². The number of phosphoric acid groups is 1. The molecule has 0 fully saturated rings. The first-order valence-corrected chi connectivity index (χ1v) is 21.9. The van der Waals surface area contributed by atoms with Crippen LogP contribution in [0, 0.1) is 0 Å². The number of hydrogen-bond acceptors (Lipinski definition) is 9. The largest absolute Gasteiger partial charge is 0.472 e. The van der Waals surface area contributed by atoms with Crippen molar-refractivity contribution in [1.82, 2.24) is 0 Å². The zero-order chi connectivity index (χ0) is 39.8. The van der Waals surface area contributed by atoms with Crippen LogP contribution in [0.3, 0.4) is 0 Å². The van der Waals surface area contributed by atoms with Crippen LogP contribution in [0.15, 0.2) is 72.9 Å². The minimum absolute atomic E-state index is 0.0150. The Kier molecular flexibility index (Phi) is 36.3. The maximum absolute atomic E-state index is 12.5. The van der Waals surface area contributed by atoms with Crippen molar-refractivity contribution in [1.29, 1.82) is 0 Å². The van der Waals surface area contributed by atoms with Gasteiger partial charge in [0.05, 0.1) is 13.2 Å². The third-order valence-corrected chi connectivity index (χ3v) is 9.03. The quantitative estimate of drug-likeness (QED) is 0.0156. The molecule has 0 bridgehead atoms. The number of unbranched alkanes of at least 4 members (excludes halogenated alkanes) is 11. The van der Waals surface area contributed by atoms with E-state index in [2.05, 4.69) is 62.5 Å². The number of ether oxygens (including phenoxy) is 2. The summed E-state index contributed by atoms with van der Waals surface area (Å²) in [5.41, 5.74) is 5.32. The molecule has 0 aromatic carbocycles. The van der Waals surface area contributed by atoms with E-state index in [4.69, 9.17) is 24.3 Å². The van der Waals surface area contributed by atoms with Crippen LogP contribution in [0.25, 0.3) is 0 Å². The molecule has 0 aliphatic carbocycles. The van der Waals surface area contributed by atoms with Gasteiger partial charge in [-0.15, -0.1) is 0 Å². The molecule has 0 radical (unpaired) electrons. The summed E-state index contributed by atoms with van der Waals surface area (Å²) >= 11 is 0. The molecular formula is C43H72NO9P. The molecule has 0 heterocycles. The molecule has 1 unspecified atom stereocenters. The SMILES string of the molecule is CCCCC/C=C\C/C=C\C/C=C\C=C\C(=O)CCCC(=O)OC[C@H](COP(=O)(O)OCCN)OC(=O)CCCCCCC/C=C\C/C=C\CCCCC. The summed E-state index contributed by atoms with van der Waals surface area (Å²) in [4.78, 5) is 46.9. The van der Waals surface area contributed by atoms with Gasteiger partial charge in [-0.2, -0.15) is 0 Å². The molecule has 0 rings (SSSR count). The van der Waals surface area contributed by atoms with Gasteiger partial charge >= 0.3 is 19.8 Å². The zero-order valence-electron chi connectivity index (χ0n) is 33.4. The number of carbonyl (C=O) groups is 3. The maximum atomic E-state index is 12.5. The van der Waals surface area contributed by atoms with E-state index in [9.17, 15) is 23.8 Å². The maximum Gasteiger partial charge on any atom is 0.472 e. The predicted molar refractivity (Wildman–Crippen MR) is 220 cm³/mol. The Morgan fingerprint density at radius 2 is 1.15 bits per heavy atom. The van der Waals surface area contributed by atoms with Gasteiger partial charge in [-0.05, 0) is 76.7 Å². The standard InChI is InChI=1S/C43H72NO9P/c1-3-5-7-9-11-13-15-17-18-20-22-24-26-28-30-34-43(47)53-41(39-52-54(48,49)51-37-36-44)38-50-42(46)35-31-33-40(45)32-29-27-25-23-21-19-16-14-12-10-8-6-4-2/h11-14,17-19,21,25,27,29,32,41H,3-10,15-16,20,22-24,26,28,30-31,33-39,44H2,1-2H3,(H,48,49)/b13-11-,14-12-,18-17-,21-19-,27-25-,32-29+/t41-/m1/s1. The molecule has 2 atom stereocenters. The van der Waals surface area contributed by atoms with E-state index < -0.39 is 32.5 Å². The van der Waals surface area contributed by atoms with E-state index in [0.29, 0.717) is 6.42 Å². The van der Waals surface area contributed by atoms with Gasteiger partial charge in [0.1, 0.15) is 6.61 Å². The monoisotopic (exact) mass is 777 g/mol. The molecule has 0 aromatic heterocycles. The Morgan fingerprint density at radius 1 is 0.611 bits per heavy atom. The highest BCUT2D eigenvalue weighted by Crippen LogP contribution is 2.43. The van der Waals surface area contributed by atoms with Gasteiger partial charge in [0, 0.05) is 25.8 Å². The highest BCUT2D eigenvalue weighted by atomic mass is 31.2. The lowest BCUT2D eigenvalue weighted by atomic mass is 10.1. The van der Waals surface area contributed by atoms with E-state index in [1.165, 1.54) is 44.6 Å². The van der Waals surface area contributed by atoms with Crippen molar-refractivity contribution in [3.63, 3.8) is 0 Å². The summed E-state index contributed by atoms with van der Waals surface area (Å²) in [5.74, 6) is -1.22. The molecular weight excluding hydrogens is 705 g/mol. The second-order valence-corrected chi connectivity index (χ2v) is 14.6. The Balaban J connectivity index is 4.43. The lowest BCUT2D eigenvalue weighted by molar-refractivity contribution is -0.161. The molecule has 54 heavy (non-hydrogen) atoms. The summed E-state index contributed by atoms with van der Waals surface area (Å²) < 4.78 is 32.5. The van der Waals surface area contributed by atoms with Crippen molar-refractivity contribution in [2.75, 3.05) is 26.4 Å². The van der Waals surface area contributed by atoms with Gasteiger partial charge in [0.2, 0.25) is 0 Å². The number of hydrogen-bond donors (Lipinski definition) is 2. The number of phosphoric ester groups is 1. The molecule has 3 N–H and O–H groups in total. The van der Waals surface area contributed by atoms with Gasteiger partial charge in [0.25, 0.3) is 0 Å². The highest BCUT2D eigenvalue weighted by Gasteiger charge is 2.26. The summed E-state index contributed by atoms with van der Waals surface area (Å²) in [6, 6.07) is 0. The van der Waals surface area contributed by atoms with E-state index in [1.54, 1.807) is 6.08 Å². The van der Waals surface area contributed by atoms with Gasteiger partial charge < -0.3 is 20.1 Å². The zero-order valence-corrected chi connectivity index (χ0v) is 34.3. The fourth-order valence-corrected chi connectivity index (χ4v) is 5.73. The minimum atomic E-state index is -4.44. The molecule has 0 saturated heterocycles. The van der Waals surface area contributed by atoms with Gasteiger partial charge in [-0.25, -0.2) is 4.57 Å². The van der Waals surface area contributed by atoms with E-state index >= 15 is 0 Å². The number of esters is 2. The number of ketones is 1. The molecule has 0 spiro atoms. The number of allylic oxidation sites excluding steroid dienone is 12. The first-order valence-electron chi connectivity index (χ1n) is 20.4. The number of rotatable bonds is 37. The molecule has 0 saturated carbocycles. The van der Waals surface area contributed by atoms with E-state index in [1.807, 2.05) is 12.2 Å². The first-order chi connectivity index (χ1) is 26.2.